The largest absolute Gasteiger partial charge is 0.462 e. The van der Waals surface area contributed by atoms with Gasteiger partial charge in [0.2, 0.25) is 0 Å². The van der Waals surface area contributed by atoms with Gasteiger partial charge in [-0.3, -0.25) is 0 Å². The van der Waals surface area contributed by atoms with Crippen molar-refractivity contribution in [2.45, 2.75) is 38.3 Å². The summed E-state index contributed by atoms with van der Waals surface area (Å²) in [4.78, 5) is 0. The highest BCUT2D eigenvalue weighted by molar-refractivity contribution is 7.14. The van der Waals surface area contributed by atoms with Gasteiger partial charge in [0.1, 0.15) is 9.04 Å². The summed E-state index contributed by atoms with van der Waals surface area (Å²) in [5, 5.41) is 0. The van der Waals surface area contributed by atoms with Crippen LogP contribution < -0.4 is 0 Å². The SMILES string of the molecule is CO[Si](OC)(OC(C)(C)CCc1ccccc1)[SiH2]Cc1ccccc1. The molecular weight excluding hydrogens is 344 g/mol. The van der Waals surface area contributed by atoms with Gasteiger partial charge in [0.25, 0.3) is 0 Å². The fourth-order valence-electron chi connectivity index (χ4n) is 2.93. The van der Waals surface area contributed by atoms with Crippen LogP contribution in [0.1, 0.15) is 31.4 Å². The molecule has 25 heavy (non-hydrogen) atoms. The summed E-state index contributed by atoms with van der Waals surface area (Å²) in [5.41, 5.74) is 2.41. The predicted octanol–water partition coefficient (Wildman–Crippen LogP) is 3.51. The molecule has 136 valence electrons. The fraction of sp³-hybridized carbons (Fsp3) is 0.400. The molecule has 2 rings (SSSR count). The smallest absolute Gasteiger partial charge is 0.380 e. The zero-order chi connectivity index (χ0) is 18.2. The van der Waals surface area contributed by atoms with Crippen LogP contribution in [0.25, 0.3) is 0 Å². The second-order valence-corrected chi connectivity index (χ2v) is 14.4. The lowest BCUT2D eigenvalue weighted by Gasteiger charge is -2.36. The highest BCUT2D eigenvalue weighted by Crippen LogP contribution is 2.24. The highest BCUT2D eigenvalue weighted by Gasteiger charge is 2.43. The Morgan fingerprint density at radius 2 is 1.36 bits per heavy atom. The molecule has 0 unspecified atom stereocenters. The van der Waals surface area contributed by atoms with Gasteiger partial charge in [-0.15, -0.1) is 0 Å². The van der Waals surface area contributed by atoms with Crippen molar-refractivity contribution in [1.29, 1.82) is 0 Å². The van der Waals surface area contributed by atoms with Gasteiger partial charge in [0, 0.05) is 14.2 Å². The van der Waals surface area contributed by atoms with Crippen LogP contribution in [0, 0.1) is 0 Å². The topological polar surface area (TPSA) is 27.7 Å². The molecule has 0 aromatic heterocycles. The average Bonchev–Trinajstić information content (AvgIpc) is 2.65. The third kappa shape index (κ3) is 6.53. The molecule has 5 heteroatoms. The lowest BCUT2D eigenvalue weighted by atomic mass is 9.99. The van der Waals surface area contributed by atoms with Crippen molar-refractivity contribution in [2.75, 3.05) is 14.2 Å². The lowest BCUT2D eigenvalue weighted by Crippen LogP contribution is -2.56. The van der Waals surface area contributed by atoms with Crippen molar-refractivity contribution >= 4 is 17.4 Å². The third-order valence-electron chi connectivity index (χ3n) is 4.48. The Balaban J connectivity index is 1.97. The Bertz CT molecular complexity index is 613. The first-order chi connectivity index (χ1) is 12.0. The molecule has 0 fully saturated rings. The standard InChI is InChI=1S/C20H30O3Si2/c1-20(2,16-15-18-11-7-5-8-12-18)23-25(21-3,22-4)24-17-19-13-9-6-10-14-19/h5-14H,15-17,24H2,1-4H3. The zero-order valence-corrected chi connectivity index (χ0v) is 18.2. The molecule has 0 bridgehead atoms. The van der Waals surface area contributed by atoms with E-state index in [1.807, 2.05) is 12.1 Å². The van der Waals surface area contributed by atoms with Crippen LogP contribution >= 0.6 is 0 Å². The molecule has 2 aromatic carbocycles. The summed E-state index contributed by atoms with van der Waals surface area (Å²) in [5.74, 6) is 0. The molecular formula is C20H30O3Si2. The van der Waals surface area contributed by atoms with Crippen molar-refractivity contribution < 1.29 is 13.3 Å². The maximum absolute atomic E-state index is 6.52. The summed E-state index contributed by atoms with van der Waals surface area (Å²) in [6.45, 7) is 4.29. The first-order valence-corrected chi connectivity index (χ1v) is 13.9. The molecule has 0 aliphatic heterocycles. The molecule has 0 amide bonds. The Morgan fingerprint density at radius 3 is 1.88 bits per heavy atom. The van der Waals surface area contributed by atoms with Gasteiger partial charge in [0.05, 0.1) is 5.60 Å². The van der Waals surface area contributed by atoms with E-state index < -0.39 is 17.4 Å². The average molecular weight is 375 g/mol. The van der Waals surface area contributed by atoms with E-state index in [1.54, 1.807) is 14.2 Å². The van der Waals surface area contributed by atoms with Gasteiger partial charge in [-0.2, -0.15) is 0 Å². The minimum atomic E-state index is -2.56. The van der Waals surface area contributed by atoms with Gasteiger partial charge in [0.15, 0.2) is 0 Å². The molecule has 0 heterocycles. The Morgan fingerprint density at radius 1 is 0.840 bits per heavy atom. The number of aryl methyl sites for hydroxylation is 1. The van der Waals surface area contributed by atoms with E-state index in [0.717, 1.165) is 18.9 Å². The normalized spacial score (nSPS) is 12.8. The second-order valence-electron chi connectivity index (χ2n) is 6.92. The van der Waals surface area contributed by atoms with Gasteiger partial charge < -0.3 is 13.3 Å². The van der Waals surface area contributed by atoms with E-state index in [1.165, 1.54) is 11.1 Å². The number of hydrogen-bond donors (Lipinski definition) is 0. The monoisotopic (exact) mass is 374 g/mol. The van der Waals surface area contributed by atoms with Crippen molar-refractivity contribution in [3.63, 3.8) is 0 Å². The van der Waals surface area contributed by atoms with Crippen molar-refractivity contribution in [3.8, 4) is 0 Å². The maximum Gasteiger partial charge on any atom is 0.462 e. The van der Waals surface area contributed by atoms with Gasteiger partial charge in [-0.1, -0.05) is 66.2 Å². The van der Waals surface area contributed by atoms with E-state index in [2.05, 4.69) is 62.4 Å². The van der Waals surface area contributed by atoms with Gasteiger partial charge in [-0.25, -0.2) is 0 Å². The van der Waals surface area contributed by atoms with Crippen LogP contribution in [-0.4, -0.2) is 37.2 Å². The molecule has 0 saturated heterocycles. The summed E-state index contributed by atoms with van der Waals surface area (Å²) in [7, 11) is 0.246. The molecule has 0 spiro atoms. The maximum atomic E-state index is 6.52. The van der Waals surface area contributed by atoms with Gasteiger partial charge in [-0.05, 0) is 38.3 Å². The van der Waals surface area contributed by atoms with E-state index in [9.17, 15) is 0 Å². The molecule has 3 nitrogen and oxygen atoms in total. The minimum Gasteiger partial charge on any atom is -0.380 e. The zero-order valence-electron chi connectivity index (χ0n) is 15.8. The molecule has 0 aliphatic rings. The summed E-state index contributed by atoms with van der Waals surface area (Å²) >= 11 is 0. The van der Waals surface area contributed by atoms with Crippen LogP contribution in [-0.2, 0) is 25.7 Å². The lowest BCUT2D eigenvalue weighted by molar-refractivity contribution is 0.0150. The molecule has 0 radical (unpaired) electrons. The summed E-state index contributed by atoms with van der Waals surface area (Å²) in [6.07, 6.45) is 1.93. The van der Waals surface area contributed by atoms with E-state index in [-0.39, 0.29) is 5.60 Å². The fourth-order valence-corrected chi connectivity index (χ4v) is 10.1. The third-order valence-corrected chi connectivity index (χ3v) is 12.8. The van der Waals surface area contributed by atoms with E-state index in [0.29, 0.717) is 0 Å². The minimum absolute atomic E-state index is 0.266. The van der Waals surface area contributed by atoms with Crippen LogP contribution in [0.5, 0.6) is 0 Å². The first kappa shape index (κ1) is 20.1. The number of rotatable bonds is 10. The Kier molecular flexibility index (Phi) is 7.59. The molecule has 0 saturated carbocycles. The molecule has 2 aromatic rings. The predicted molar refractivity (Wildman–Crippen MR) is 108 cm³/mol. The van der Waals surface area contributed by atoms with Gasteiger partial charge >= 0.3 is 8.32 Å². The van der Waals surface area contributed by atoms with Crippen molar-refractivity contribution in [2.24, 2.45) is 0 Å². The molecule has 0 aliphatic carbocycles. The van der Waals surface area contributed by atoms with Crippen LogP contribution in [0.3, 0.4) is 0 Å². The molecule has 0 atom stereocenters. The summed E-state index contributed by atoms with van der Waals surface area (Å²) in [6, 6.07) is 22.1. The highest BCUT2D eigenvalue weighted by atomic mass is 29.2. The first-order valence-electron chi connectivity index (χ1n) is 8.87. The Labute approximate surface area is 155 Å². The quantitative estimate of drug-likeness (QED) is 0.596. The second kappa shape index (κ2) is 9.45. The summed E-state index contributed by atoms with van der Waals surface area (Å²) < 4.78 is 18.2. The number of hydrogen-bond acceptors (Lipinski definition) is 3. The number of benzene rings is 2. The van der Waals surface area contributed by atoms with Crippen molar-refractivity contribution in [3.05, 3.63) is 71.8 Å². The van der Waals surface area contributed by atoms with E-state index in [4.69, 9.17) is 13.3 Å². The van der Waals surface area contributed by atoms with Crippen LogP contribution in [0.2, 0.25) is 0 Å². The molecule has 0 N–H and O–H groups in total. The Hall–Kier alpha value is -1.25. The van der Waals surface area contributed by atoms with Crippen molar-refractivity contribution in [1.82, 2.24) is 0 Å². The van der Waals surface area contributed by atoms with Crippen LogP contribution in [0.15, 0.2) is 60.7 Å². The van der Waals surface area contributed by atoms with Crippen LogP contribution in [0.4, 0.5) is 0 Å². The van der Waals surface area contributed by atoms with E-state index >= 15 is 0 Å².